The number of methoxy groups -OCH3 is 2. The number of allylic oxidation sites excluding steroid dienone is 5. The van der Waals surface area contributed by atoms with Crippen molar-refractivity contribution in [2.45, 2.75) is 66.4 Å². The zero-order chi connectivity index (χ0) is 29.8. The molecule has 0 aliphatic rings. The van der Waals surface area contributed by atoms with Gasteiger partial charge in [0.1, 0.15) is 0 Å². The number of ether oxygens (including phenoxy) is 2. The summed E-state index contributed by atoms with van der Waals surface area (Å²) in [5, 5.41) is 11.5. The highest BCUT2D eigenvalue weighted by atomic mass is 31.3. The van der Waals surface area contributed by atoms with E-state index in [2.05, 4.69) is 37.2 Å². The van der Waals surface area contributed by atoms with Gasteiger partial charge in [0.15, 0.2) is 11.5 Å². The molecule has 39 heavy (non-hydrogen) atoms. The Morgan fingerprint density at radius 2 is 1.49 bits per heavy atom. The van der Waals surface area contributed by atoms with Gasteiger partial charge in [-0.05, 0) is 66.4 Å². The number of rotatable bonds is 17. The van der Waals surface area contributed by atoms with Gasteiger partial charge in [0.2, 0.25) is 0 Å². The SMILES string of the molecule is COc1cc(C(C)OP(=O)(O)OP(=O)(O)OC/C=C(\C)CC/C=C(\C)CCC=C(C)C)c([N+](=O)[O-])cc1OC. The first kappa shape index (κ1) is 34.7. The molecular weight excluding hydrogens is 552 g/mol. The van der Waals surface area contributed by atoms with E-state index in [-0.39, 0.29) is 23.7 Å². The topological polar surface area (TPSA) is 164 Å². The van der Waals surface area contributed by atoms with Gasteiger partial charge < -0.3 is 19.3 Å². The second kappa shape index (κ2) is 16.1. The number of benzene rings is 1. The third kappa shape index (κ3) is 13.1. The van der Waals surface area contributed by atoms with E-state index in [0.717, 1.165) is 30.9 Å². The van der Waals surface area contributed by atoms with E-state index in [1.807, 2.05) is 6.92 Å². The molecule has 0 saturated carbocycles. The highest BCUT2D eigenvalue weighted by Gasteiger charge is 2.38. The van der Waals surface area contributed by atoms with Crippen molar-refractivity contribution in [3.63, 3.8) is 0 Å². The fourth-order valence-corrected chi connectivity index (χ4v) is 5.57. The number of hydrogen-bond acceptors (Lipinski definition) is 9. The van der Waals surface area contributed by atoms with Crippen LogP contribution in [0.3, 0.4) is 0 Å². The molecule has 0 saturated heterocycles. The number of phosphoric ester groups is 2. The molecule has 3 unspecified atom stereocenters. The Hall–Kier alpha value is -2.30. The summed E-state index contributed by atoms with van der Waals surface area (Å²) >= 11 is 0. The van der Waals surface area contributed by atoms with Crippen molar-refractivity contribution in [1.29, 1.82) is 0 Å². The Morgan fingerprint density at radius 1 is 0.949 bits per heavy atom. The zero-order valence-electron chi connectivity index (χ0n) is 23.4. The smallest absolute Gasteiger partial charge is 0.481 e. The molecular formula is C25H39NO11P2. The van der Waals surface area contributed by atoms with Crippen molar-refractivity contribution in [1.82, 2.24) is 0 Å². The highest BCUT2D eigenvalue weighted by molar-refractivity contribution is 7.61. The summed E-state index contributed by atoms with van der Waals surface area (Å²) < 4.78 is 48.9. The summed E-state index contributed by atoms with van der Waals surface area (Å²) in [4.78, 5) is 30.7. The quantitative estimate of drug-likeness (QED) is 0.0806. The fourth-order valence-electron chi connectivity index (χ4n) is 3.41. The van der Waals surface area contributed by atoms with Crippen LogP contribution in [0.25, 0.3) is 0 Å². The summed E-state index contributed by atoms with van der Waals surface area (Å²) in [7, 11) is -7.62. The van der Waals surface area contributed by atoms with Crippen LogP contribution in [0.4, 0.5) is 5.69 Å². The Bertz CT molecular complexity index is 1170. The number of nitrogens with zero attached hydrogens (tertiary/aromatic N) is 1. The largest absolute Gasteiger partial charge is 0.493 e. The lowest BCUT2D eigenvalue weighted by Crippen LogP contribution is -2.06. The number of hydrogen-bond donors (Lipinski definition) is 2. The second-order valence-electron chi connectivity index (χ2n) is 9.05. The first-order valence-electron chi connectivity index (χ1n) is 12.2. The molecule has 1 rings (SSSR count). The number of nitro groups is 1. The zero-order valence-corrected chi connectivity index (χ0v) is 25.2. The molecule has 0 aliphatic carbocycles. The van der Waals surface area contributed by atoms with E-state index in [0.29, 0.717) is 6.42 Å². The van der Waals surface area contributed by atoms with Crippen LogP contribution in [0.15, 0.2) is 47.1 Å². The van der Waals surface area contributed by atoms with Crippen LogP contribution < -0.4 is 9.47 Å². The predicted octanol–water partition coefficient (Wildman–Crippen LogP) is 7.34. The van der Waals surface area contributed by atoms with Gasteiger partial charge in [0, 0.05) is 0 Å². The maximum atomic E-state index is 12.4. The summed E-state index contributed by atoms with van der Waals surface area (Å²) in [5.74, 6) is 0.167. The fraction of sp³-hybridized carbons (Fsp3) is 0.520. The van der Waals surface area contributed by atoms with E-state index in [1.54, 1.807) is 6.08 Å². The lowest BCUT2D eigenvalue weighted by molar-refractivity contribution is -0.386. The number of nitro benzene ring substituents is 1. The van der Waals surface area contributed by atoms with Crippen molar-refractivity contribution >= 4 is 21.3 Å². The van der Waals surface area contributed by atoms with E-state index in [4.69, 9.17) is 18.5 Å². The van der Waals surface area contributed by atoms with Gasteiger partial charge in [0.25, 0.3) is 5.69 Å². The Labute approximate surface area is 229 Å². The van der Waals surface area contributed by atoms with Gasteiger partial charge in [-0.1, -0.05) is 34.9 Å². The molecule has 220 valence electrons. The average molecular weight is 592 g/mol. The molecule has 0 amide bonds. The maximum Gasteiger partial charge on any atom is 0.481 e. The van der Waals surface area contributed by atoms with Crippen LogP contribution >= 0.6 is 15.6 Å². The van der Waals surface area contributed by atoms with Crippen LogP contribution in [0.1, 0.15) is 72.0 Å². The van der Waals surface area contributed by atoms with E-state index >= 15 is 0 Å². The number of phosphoric acid groups is 2. The van der Waals surface area contributed by atoms with Gasteiger partial charge in [-0.2, -0.15) is 4.31 Å². The first-order chi connectivity index (χ1) is 18.1. The molecule has 1 aromatic carbocycles. The highest BCUT2D eigenvalue weighted by Crippen LogP contribution is 2.62. The van der Waals surface area contributed by atoms with Crippen molar-refractivity contribution in [2.75, 3.05) is 20.8 Å². The van der Waals surface area contributed by atoms with Crippen LogP contribution in [-0.2, 0) is 22.5 Å². The minimum Gasteiger partial charge on any atom is -0.493 e. The Morgan fingerprint density at radius 3 is 2.03 bits per heavy atom. The van der Waals surface area contributed by atoms with Gasteiger partial charge >= 0.3 is 15.6 Å². The molecule has 3 atom stereocenters. The van der Waals surface area contributed by atoms with Crippen LogP contribution in [0.2, 0.25) is 0 Å². The Kier molecular flexibility index (Phi) is 14.3. The van der Waals surface area contributed by atoms with Crippen molar-refractivity contribution in [3.8, 4) is 11.5 Å². The summed E-state index contributed by atoms with van der Waals surface area (Å²) in [6, 6.07) is 2.26. The Balaban J connectivity index is 2.75. The summed E-state index contributed by atoms with van der Waals surface area (Å²) in [5.41, 5.74) is 2.82. The molecule has 2 N–H and O–H groups in total. The second-order valence-corrected chi connectivity index (χ2v) is 12.0. The molecule has 14 heteroatoms. The molecule has 1 aromatic rings. The molecule has 0 heterocycles. The van der Waals surface area contributed by atoms with Gasteiger partial charge in [-0.15, -0.1) is 0 Å². The minimum atomic E-state index is -5.20. The minimum absolute atomic E-state index is 0.0609. The summed E-state index contributed by atoms with van der Waals surface area (Å²) in [6.45, 7) is 8.91. The van der Waals surface area contributed by atoms with Gasteiger partial charge in [-0.3, -0.25) is 19.2 Å². The third-order valence-electron chi connectivity index (χ3n) is 5.46. The lowest BCUT2D eigenvalue weighted by atomic mass is 10.1. The van der Waals surface area contributed by atoms with Crippen LogP contribution in [0.5, 0.6) is 11.5 Å². The molecule has 0 fully saturated rings. The molecule has 0 aromatic heterocycles. The first-order valence-corrected chi connectivity index (χ1v) is 15.1. The molecule has 0 spiro atoms. The maximum absolute atomic E-state index is 12.4. The summed E-state index contributed by atoms with van der Waals surface area (Å²) in [6.07, 6.45) is 7.93. The third-order valence-corrected chi connectivity index (χ3v) is 8.17. The monoisotopic (exact) mass is 591 g/mol. The lowest BCUT2D eigenvalue weighted by Gasteiger charge is -2.20. The van der Waals surface area contributed by atoms with Crippen molar-refractivity contribution in [3.05, 3.63) is 62.8 Å². The molecule has 0 aliphatic heterocycles. The molecule has 0 bridgehead atoms. The van der Waals surface area contributed by atoms with Crippen molar-refractivity contribution < 1.29 is 46.7 Å². The van der Waals surface area contributed by atoms with E-state index < -0.39 is 32.4 Å². The normalized spacial score (nSPS) is 16.1. The predicted molar refractivity (Wildman–Crippen MR) is 148 cm³/mol. The van der Waals surface area contributed by atoms with E-state index in [9.17, 15) is 29.0 Å². The molecule has 12 nitrogen and oxygen atoms in total. The van der Waals surface area contributed by atoms with Gasteiger partial charge in [0.05, 0.1) is 43.5 Å². The van der Waals surface area contributed by atoms with E-state index in [1.165, 1.54) is 38.4 Å². The van der Waals surface area contributed by atoms with Crippen molar-refractivity contribution in [2.24, 2.45) is 0 Å². The van der Waals surface area contributed by atoms with Crippen LogP contribution in [0, 0.1) is 10.1 Å². The van der Waals surface area contributed by atoms with Gasteiger partial charge in [-0.25, -0.2) is 9.13 Å². The average Bonchev–Trinajstić information content (AvgIpc) is 2.81. The van der Waals surface area contributed by atoms with Crippen LogP contribution in [-0.4, -0.2) is 35.5 Å². The standard InChI is InChI=1S/C25H39NO11P2/c1-18(2)10-8-11-19(3)12-9-13-20(4)14-15-35-38(29,30)37-39(31,32)36-21(5)22-16-24(33-6)25(34-7)17-23(22)26(27)28/h10,12,14,16-17,21H,8-9,11,13,15H2,1-7H3,(H,29,30)(H,31,32)/b19-12+,20-14+. The molecule has 0 radical (unpaired) electrons.